The molecule has 1 aliphatic carbocycles. The molecule has 0 aromatic rings. The summed E-state index contributed by atoms with van der Waals surface area (Å²) in [7, 11) is 0. The fourth-order valence-corrected chi connectivity index (χ4v) is 4.51. The molecule has 1 saturated heterocycles. The van der Waals surface area contributed by atoms with E-state index in [0.29, 0.717) is 5.41 Å². The van der Waals surface area contributed by atoms with E-state index in [1.54, 1.807) is 0 Å². The van der Waals surface area contributed by atoms with E-state index in [1.807, 2.05) is 0 Å². The number of nitrogens with one attached hydrogen (secondary N) is 1. The van der Waals surface area contributed by atoms with Crippen molar-refractivity contribution in [3.63, 3.8) is 0 Å². The van der Waals surface area contributed by atoms with Crippen LogP contribution >= 0.6 is 0 Å². The molecule has 21 heavy (non-hydrogen) atoms. The second kappa shape index (κ2) is 7.97. The number of nitrogens with zero attached hydrogens (tertiary/aromatic N) is 1. The molecule has 0 bridgehead atoms. The maximum absolute atomic E-state index is 3.70. The van der Waals surface area contributed by atoms with Crippen molar-refractivity contribution in [1.29, 1.82) is 0 Å². The predicted octanol–water partition coefficient (Wildman–Crippen LogP) is 4.30. The topological polar surface area (TPSA) is 15.3 Å². The van der Waals surface area contributed by atoms with Gasteiger partial charge in [0, 0.05) is 6.04 Å². The zero-order chi connectivity index (χ0) is 15.3. The van der Waals surface area contributed by atoms with Crippen LogP contribution in [0.1, 0.15) is 72.6 Å². The fourth-order valence-electron chi connectivity index (χ4n) is 4.51. The van der Waals surface area contributed by atoms with Gasteiger partial charge in [0.2, 0.25) is 0 Å². The highest BCUT2D eigenvalue weighted by Gasteiger charge is 2.29. The lowest BCUT2D eigenvalue weighted by atomic mass is 9.77. The van der Waals surface area contributed by atoms with Crippen molar-refractivity contribution in [3.05, 3.63) is 0 Å². The lowest BCUT2D eigenvalue weighted by molar-refractivity contribution is 0.203. The average molecular weight is 295 g/mol. The Morgan fingerprint density at radius 3 is 2.52 bits per heavy atom. The molecular formula is C19H38N2. The standard InChI is InChI=1S/C19H38N2/c1-5-20-18-10-6-8-16(18)11-14-21-13-7-9-17(12-15-21)19(2,3)4/h16-18,20H,5-15H2,1-4H3. The molecule has 1 saturated carbocycles. The highest BCUT2D eigenvalue weighted by molar-refractivity contribution is 4.84. The molecule has 3 unspecified atom stereocenters. The van der Waals surface area contributed by atoms with Crippen LogP contribution in [0.5, 0.6) is 0 Å². The van der Waals surface area contributed by atoms with Gasteiger partial charge < -0.3 is 10.2 Å². The van der Waals surface area contributed by atoms with Crippen LogP contribution in [0.15, 0.2) is 0 Å². The van der Waals surface area contributed by atoms with E-state index in [0.717, 1.165) is 24.4 Å². The molecule has 1 heterocycles. The summed E-state index contributed by atoms with van der Waals surface area (Å²) in [6, 6.07) is 0.810. The van der Waals surface area contributed by atoms with Crippen LogP contribution in [0.2, 0.25) is 0 Å². The first-order chi connectivity index (χ1) is 10.0. The van der Waals surface area contributed by atoms with Gasteiger partial charge in [-0.2, -0.15) is 0 Å². The van der Waals surface area contributed by atoms with Crippen molar-refractivity contribution in [2.45, 2.75) is 78.7 Å². The highest BCUT2D eigenvalue weighted by Crippen LogP contribution is 2.34. The largest absolute Gasteiger partial charge is 0.314 e. The third-order valence-corrected chi connectivity index (χ3v) is 5.99. The van der Waals surface area contributed by atoms with E-state index in [4.69, 9.17) is 0 Å². The predicted molar refractivity (Wildman–Crippen MR) is 92.7 cm³/mol. The molecule has 3 atom stereocenters. The van der Waals surface area contributed by atoms with Crippen LogP contribution in [0.4, 0.5) is 0 Å². The molecule has 0 spiro atoms. The van der Waals surface area contributed by atoms with Crippen LogP contribution in [-0.2, 0) is 0 Å². The van der Waals surface area contributed by atoms with Crippen LogP contribution in [-0.4, -0.2) is 37.1 Å². The van der Waals surface area contributed by atoms with Crippen molar-refractivity contribution < 1.29 is 0 Å². The quantitative estimate of drug-likeness (QED) is 0.813. The minimum Gasteiger partial charge on any atom is -0.314 e. The van der Waals surface area contributed by atoms with E-state index in [-0.39, 0.29) is 0 Å². The highest BCUT2D eigenvalue weighted by atomic mass is 15.1. The summed E-state index contributed by atoms with van der Waals surface area (Å²) < 4.78 is 0. The second-order valence-electron chi connectivity index (χ2n) is 8.48. The van der Waals surface area contributed by atoms with Gasteiger partial charge in [-0.3, -0.25) is 0 Å². The SMILES string of the molecule is CCNC1CCCC1CCN1CCCC(C(C)(C)C)CC1. The minimum absolute atomic E-state index is 0.498. The molecule has 2 heteroatoms. The maximum Gasteiger partial charge on any atom is 0.00956 e. The van der Waals surface area contributed by atoms with Gasteiger partial charge in [0.05, 0.1) is 0 Å². The lowest BCUT2D eigenvalue weighted by Gasteiger charge is -2.30. The summed E-state index contributed by atoms with van der Waals surface area (Å²) in [6.45, 7) is 14.7. The third-order valence-electron chi connectivity index (χ3n) is 5.99. The van der Waals surface area contributed by atoms with Crippen molar-refractivity contribution in [2.24, 2.45) is 17.3 Å². The van der Waals surface area contributed by atoms with Gasteiger partial charge in [0.1, 0.15) is 0 Å². The summed E-state index contributed by atoms with van der Waals surface area (Å²) in [5.41, 5.74) is 0.498. The fraction of sp³-hybridized carbons (Fsp3) is 1.00. The molecule has 0 radical (unpaired) electrons. The Balaban J connectivity index is 1.74. The number of hydrogen-bond acceptors (Lipinski definition) is 2. The van der Waals surface area contributed by atoms with Crippen molar-refractivity contribution >= 4 is 0 Å². The van der Waals surface area contributed by atoms with Gasteiger partial charge in [-0.05, 0) is 82.0 Å². The Hall–Kier alpha value is -0.0800. The average Bonchev–Trinajstić information content (AvgIpc) is 2.71. The van der Waals surface area contributed by atoms with Crippen molar-refractivity contribution in [1.82, 2.24) is 10.2 Å². The van der Waals surface area contributed by atoms with Gasteiger partial charge in [0.15, 0.2) is 0 Å². The van der Waals surface area contributed by atoms with E-state index < -0.39 is 0 Å². The molecule has 124 valence electrons. The second-order valence-corrected chi connectivity index (χ2v) is 8.48. The van der Waals surface area contributed by atoms with E-state index in [9.17, 15) is 0 Å². The molecule has 0 aromatic heterocycles. The number of hydrogen-bond donors (Lipinski definition) is 1. The van der Waals surface area contributed by atoms with Crippen LogP contribution in [0.3, 0.4) is 0 Å². The first-order valence-electron chi connectivity index (χ1n) is 9.46. The summed E-state index contributed by atoms with van der Waals surface area (Å²) in [5.74, 6) is 1.86. The van der Waals surface area contributed by atoms with Crippen LogP contribution < -0.4 is 5.32 Å². The molecule has 2 aliphatic rings. The van der Waals surface area contributed by atoms with Crippen LogP contribution in [0.25, 0.3) is 0 Å². The van der Waals surface area contributed by atoms with Crippen molar-refractivity contribution in [3.8, 4) is 0 Å². The normalized spacial score (nSPS) is 32.3. The van der Waals surface area contributed by atoms with E-state index in [2.05, 4.69) is 37.9 Å². The Kier molecular flexibility index (Phi) is 6.55. The lowest BCUT2D eigenvalue weighted by Crippen LogP contribution is -2.35. The molecular weight excluding hydrogens is 256 g/mol. The van der Waals surface area contributed by atoms with Gasteiger partial charge in [-0.25, -0.2) is 0 Å². The summed E-state index contributed by atoms with van der Waals surface area (Å²) in [4.78, 5) is 2.76. The third kappa shape index (κ3) is 5.25. The summed E-state index contributed by atoms with van der Waals surface area (Å²) >= 11 is 0. The zero-order valence-electron chi connectivity index (χ0n) is 15.0. The first kappa shape index (κ1) is 17.3. The number of rotatable bonds is 5. The Labute approximate surface area is 133 Å². The molecule has 2 rings (SSSR count). The molecule has 2 nitrogen and oxygen atoms in total. The minimum atomic E-state index is 0.498. The Bertz CT molecular complexity index is 294. The van der Waals surface area contributed by atoms with Gasteiger partial charge in [0.25, 0.3) is 0 Å². The Morgan fingerprint density at radius 1 is 1.00 bits per heavy atom. The van der Waals surface area contributed by atoms with Gasteiger partial charge in [-0.15, -0.1) is 0 Å². The molecule has 0 amide bonds. The smallest absolute Gasteiger partial charge is 0.00956 e. The molecule has 1 N–H and O–H groups in total. The van der Waals surface area contributed by atoms with Gasteiger partial charge in [-0.1, -0.05) is 34.1 Å². The van der Waals surface area contributed by atoms with Gasteiger partial charge >= 0.3 is 0 Å². The maximum atomic E-state index is 3.70. The van der Waals surface area contributed by atoms with Crippen LogP contribution in [0, 0.1) is 17.3 Å². The number of likely N-dealkylation sites (tertiary alicyclic amines) is 1. The zero-order valence-corrected chi connectivity index (χ0v) is 15.0. The molecule has 1 aliphatic heterocycles. The Morgan fingerprint density at radius 2 is 1.81 bits per heavy atom. The summed E-state index contributed by atoms with van der Waals surface area (Å²) in [5, 5.41) is 3.70. The van der Waals surface area contributed by atoms with E-state index in [1.165, 1.54) is 64.6 Å². The van der Waals surface area contributed by atoms with Crippen molar-refractivity contribution in [2.75, 3.05) is 26.2 Å². The monoisotopic (exact) mass is 294 g/mol. The summed E-state index contributed by atoms with van der Waals surface area (Å²) in [6.07, 6.45) is 9.96. The molecule has 0 aromatic carbocycles. The first-order valence-corrected chi connectivity index (χ1v) is 9.46. The molecule has 2 fully saturated rings. The van der Waals surface area contributed by atoms with E-state index >= 15 is 0 Å².